The Labute approximate surface area is 120 Å². The maximum atomic E-state index is 14.4. The van der Waals surface area contributed by atoms with Crippen LogP contribution in [0.2, 0.25) is 0 Å². The lowest BCUT2D eigenvalue weighted by atomic mass is 9.97. The Morgan fingerprint density at radius 1 is 1.35 bits per heavy atom. The number of halogens is 1. The first kappa shape index (κ1) is 13.8. The summed E-state index contributed by atoms with van der Waals surface area (Å²) in [7, 11) is 1.63. The first-order chi connectivity index (χ1) is 9.79. The van der Waals surface area contributed by atoms with E-state index >= 15 is 0 Å². The molecule has 4 heteroatoms. The average Bonchev–Trinajstić information content (AvgIpc) is 3.30. The lowest BCUT2D eigenvalue weighted by molar-refractivity contribution is 0.154. The molecule has 2 aliphatic rings. The molecule has 0 aromatic heterocycles. The maximum Gasteiger partial charge on any atom is 0.131 e. The van der Waals surface area contributed by atoms with Gasteiger partial charge in [0.15, 0.2) is 0 Å². The maximum absolute atomic E-state index is 14.4. The van der Waals surface area contributed by atoms with Crippen LogP contribution in [0.15, 0.2) is 18.2 Å². The predicted molar refractivity (Wildman–Crippen MR) is 77.5 cm³/mol. The molecule has 20 heavy (non-hydrogen) atoms. The lowest BCUT2D eigenvalue weighted by Gasteiger charge is -2.36. The second-order valence-electron chi connectivity index (χ2n) is 5.84. The highest BCUT2D eigenvalue weighted by atomic mass is 19.1. The molecule has 110 valence electrons. The SMILES string of the molecule is COc1cccc(F)c1[C@H](CC1CC1)N1CCNCC1. The van der Waals surface area contributed by atoms with E-state index in [1.807, 2.05) is 6.07 Å². The van der Waals surface area contributed by atoms with Crippen molar-refractivity contribution in [3.63, 3.8) is 0 Å². The van der Waals surface area contributed by atoms with E-state index < -0.39 is 0 Å². The molecule has 1 aliphatic heterocycles. The zero-order valence-electron chi connectivity index (χ0n) is 12.1. The van der Waals surface area contributed by atoms with Gasteiger partial charge >= 0.3 is 0 Å². The number of rotatable bonds is 5. The van der Waals surface area contributed by atoms with Crippen LogP contribution in [0, 0.1) is 11.7 Å². The van der Waals surface area contributed by atoms with Crippen LogP contribution in [0.5, 0.6) is 5.75 Å². The monoisotopic (exact) mass is 278 g/mol. The van der Waals surface area contributed by atoms with Gasteiger partial charge in [-0.3, -0.25) is 4.90 Å². The van der Waals surface area contributed by atoms with Gasteiger partial charge in [0.1, 0.15) is 11.6 Å². The van der Waals surface area contributed by atoms with Crippen LogP contribution in [-0.4, -0.2) is 38.2 Å². The van der Waals surface area contributed by atoms with Crippen LogP contribution in [-0.2, 0) is 0 Å². The van der Waals surface area contributed by atoms with Gasteiger partial charge in [-0.1, -0.05) is 18.9 Å². The van der Waals surface area contributed by atoms with Crippen molar-refractivity contribution in [2.75, 3.05) is 33.3 Å². The molecule has 1 aromatic carbocycles. The van der Waals surface area contributed by atoms with Crippen molar-refractivity contribution in [2.45, 2.75) is 25.3 Å². The highest BCUT2D eigenvalue weighted by Crippen LogP contribution is 2.43. The molecule has 0 spiro atoms. The topological polar surface area (TPSA) is 24.5 Å². The molecule has 1 saturated heterocycles. The van der Waals surface area contributed by atoms with E-state index in [4.69, 9.17) is 4.74 Å². The molecule has 1 atom stereocenters. The molecule has 0 bridgehead atoms. The summed E-state index contributed by atoms with van der Waals surface area (Å²) >= 11 is 0. The summed E-state index contributed by atoms with van der Waals surface area (Å²) in [5, 5.41) is 3.37. The van der Waals surface area contributed by atoms with Crippen LogP contribution in [0.4, 0.5) is 4.39 Å². The number of methoxy groups -OCH3 is 1. The second kappa shape index (κ2) is 6.10. The minimum atomic E-state index is -0.131. The first-order valence-corrected chi connectivity index (χ1v) is 7.56. The van der Waals surface area contributed by atoms with E-state index in [9.17, 15) is 4.39 Å². The minimum absolute atomic E-state index is 0.131. The number of hydrogen-bond donors (Lipinski definition) is 1. The molecular formula is C16H23FN2O. The quantitative estimate of drug-likeness (QED) is 0.896. The van der Waals surface area contributed by atoms with Crippen LogP contribution in [0.25, 0.3) is 0 Å². The molecule has 3 rings (SSSR count). The van der Waals surface area contributed by atoms with Crippen molar-refractivity contribution >= 4 is 0 Å². The van der Waals surface area contributed by atoms with Gasteiger partial charge in [0, 0.05) is 37.8 Å². The third-order valence-electron chi connectivity index (χ3n) is 4.41. The van der Waals surface area contributed by atoms with Crippen molar-refractivity contribution in [1.82, 2.24) is 10.2 Å². The number of nitrogens with one attached hydrogen (secondary N) is 1. The fourth-order valence-electron chi connectivity index (χ4n) is 3.13. The summed E-state index contributed by atoms with van der Waals surface area (Å²) in [6.45, 7) is 3.93. The van der Waals surface area contributed by atoms with Crippen molar-refractivity contribution in [2.24, 2.45) is 5.92 Å². The Bertz CT molecular complexity index is 456. The number of nitrogens with zero attached hydrogens (tertiary/aromatic N) is 1. The molecule has 0 radical (unpaired) electrons. The fraction of sp³-hybridized carbons (Fsp3) is 0.625. The fourth-order valence-corrected chi connectivity index (χ4v) is 3.13. The van der Waals surface area contributed by atoms with Gasteiger partial charge in [-0.05, 0) is 24.5 Å². The van der Waals surface area contributed by atoms with Crippen LogP contribution in [0.1, 0.15) is 30.9 Å². The van der Waals surface area contributed by atoms with E-state index in [1.54, 1.807) is 19.2 Å². The van der Waals surface area contributed by atoms with E-state index in [-0.39, 0.29) is 11.9 Å². The Kier molecular flexibility index (Phi) is 4.22. The number of hydrogen-bond acceptors (Lipinski definition) is 3. The first-order valence-electron chi connectivity index (χ1n) is 7.56. The van der Waals surface area contributed by atoms with Gasteiger partial charge in [-0.25, -0.2) is 4.39 Å². The normalized spacial score (nSPS) is 21.7. The molecule has 0 unspecified atom stereocenters. The van der Waals surface area contributed by atoms with Gasteiger partial charge in [0.2, 0.25) is 0 Å². The van der Waals surface area contributed by atoms with Gasteiger partial charge in [0.05, 0.1) is 7.11 Å². The predicted octanol–water partition coefficient (Wildman–Crippen LogP) is 2.58. The summed E-state index contributed by atoms with van der Waals surface area (Å²) in [5.74, 6) is 1.32. The molecule has 1 aliphatic carbocycles. The zero-order chi connectivity index (χ0) is 13.9. The zero-order valence-corrected chi connectivity index (χ0v) is 12.1. The molecule has 0 amide bonds. The van der Waals surface area contributed by atoms with Gasteiger partial charge in [-0.15, -0.1) is 0 Å². The molecule has 1 aromatic rings. The van der Waals surface area contributed by atoms with Gasteiger partial charge < -0.3 is 10.1 Å². The lowest BCUT2D eigenvalue weighted by Crippen LogP contribution is -2.45. The number of ether oxygens (including phenoxy) is 1. The van der Waals surface area contributed by atoms with Crippen molar-refractivity contribution in [3.05, 3.63) is 29.6 Å². The summed E-state index contributed by atoms with van der Waals surface area (Å²) in [6.07, 6.45) is 3.63. The van der Waals surface area contributed by atoms with Crippen molar-refractivity contribution in [1.29, 1.82) is 0 Å². The highest BCUT2D eigenvalue weighted by Gasteiger charge is 2.33. The molecule has 1 saturated carbocycles. The van der Waals surface area contributed by atoms with Gasteiger partial charge in [-0.2, -0.15) is 0 Å². The minimum Gasteiger partial charge on any atom is -0.496 e. The Morgan fingerprint density at radius 3 is 2.75 bits per heavy atom. The van der Waals surface area contributed by atoms with E-state index in [2.05, 4.69) is 10.2 Å². The molecule has 1 heterocycles. The third-order valence-corrected chi connectivity index (χ3v) is 4.41. The number of benzene rings is 1. The Morgan fingerprint density at radius 2 is 2.10 bits per heavy atom. The van der Waals surface area contributed by atoms with Gasteiger partial charge in [0.25, 0.3) is 0 Å². The Balaban J connectivity index is 1.90. The second-order valence-corrected chi connectivity index (χ2v) is 5.84. The summed E-state index contributed by atoms with van der Waals surface area (Å²) in [5.41, 5.74) is 0.754. The van der Waals surface area contributed by atoms with E-state index in [0.717, 1.165) is 44.1 Å². The van der Waals surface area contributed by atoms with Crippen LogP contribution in [0.3, 0.4) is 0 Å². The summed E-state index contributed by atoms with van der Waals surface area (Å²) < 4.78 is 19.8. The van der Waals surface area contributed by atoms with Crippen LogP contribution >= 0.6 is 0 Å². The Hall–Kier alpha value is -1.13. The summed E-state index contributed by atoms with van der Waals surface area (Å²) in [4.78, 5) is 2.41. The van der Waals surface area contributed by atoms with Crippen molar-refractivity contribution in [3.8, 4) is 5.75 Å². The standard InChI is InChI=1S/C16H23FN2O/c1-20-15-4-2-3-13(17)16(15)14(11-12-5-6-12)19-9-7-18-8-10-19/h2-4,12,14,18H,5-11H2,1H3/t14-/m0/s1. The van der Waals surface area contributed by atoms with Crippen LogP contribution < -0.4 is 10.1 Å². The molecule has 1 N–H and O–H groups in total. The highest BCUT2D eigenvalue weighted by molar-refractivity contribution is 5.37. The van der Waals surface area contributed by atoms with E-state index in [1.165, 1.54) is 12.8 Å². The number of piperazine rings is 1. The smallest absolute Gasteiger partial charge is 0.131 e. The van der Waals surface area contributed by atoms with Crippen molar-refractivity contribution < 1.29 is 9.13 Å². The third kappa shape index (κ3) is 2.96. The molecule has 3 nitrogen and oxygen atoms in total. The largest absolute Gasteiger partial charge is 0.496 e. The summed E-state index contributed by atoms with van der Waals surface area (Å²) in [6, 6.07) is 5.31. The van der Waals surface area contributed by atoms with E-state index in [0.29, 0.717) is 5.75 Å². The molecular weight excluding hydrogens is 255 g/mol. The average molecular weight is 278 g/mol. The molecule has 2 fully saturated rings.